The Kier molecular flexibility index (Phi) is 3.67. The maximum Gasteiger partial charge on any atom is 0.252 e. The summed E-state index contributed by atoms with van der Waals surface area (Å²) in [6.45, 7) is 3.88. The van der Waals surface area contributed by atoms with E-state index in [2.05, 4.69) is 5.32 Å². The fraction of sp³-hybridized carbons (Fsp3) is 0.214. The number of thiophene rings is 1. The van der Waals surface area contributed by atoms with Crippen LogP contribution in [0.25, 0.3) is 0 Å². The zero-order chi connectivity index (χ0) is 13.1. The van der Waals surface area contributed by atoms with Gasteiger partial charge in [0.25, 0.3) is 5.91 Å². The number of carbonyl (C=O) groups excluding carboxylic acids is 1. The Hall–Kier alpha value is -1.81. The summed E-state index contributed by atoms with van der Waals surface area (Å²) < 4.78 is 0. The summed E-state index contributed by atoms with van der Waals surface area (Å²) >= 11 is 1.63. The van der Waals surface area contributed by atoms with Crippen LogP contribution in [0.15, 0.2) is 35.0 Å². The molecule has 2 aromatic rings. The summed E-state index contributed by atoms with van der Waals surface area (Å²) in [6.07, 6.45) is 0. The van der Waals surface area contributed by atoms with E-state index < -0.39 is 0 Å². The molecule has 1 unspecified atom stereocenters. The first-order valence-electron chi connectivity index (χ1n) is 5.77. The molecule has 0 aliphatic heterocycles. The lowest BCUT2D eigenvalue weighted by molar-refractivity contribution is 0.0939. The van der Waals surface area contributed by atoms with Gasteiger partial charge in [-0.15, -0.1) is 0 Å². The van der Waals surface area contributed by atoms with Gasteiger partial charge in [-0.1, -0.05) is 6.07 Å². The van der Waals surface area contributed by atoms with E-state index in [1.807, 2.05) is 36.7 Å². The molecule has 94 valence electrons. The highest BCUT2D eigenvalue weighted by molar-refractivity contribution is 7.07. The van der Waals surface area contributed by atoms with Gasteiger partial charge in [-0.25, -0.2) is 0 Å². The second-order valence-electron chi connectivity index (χ2n) is 4.33. The van der Waals surface area contributed by atoms with E-state index in [9.17, 15) is 4.79 Å². The standard InChI is InChI=1S/C14H16N2OS/c1-9-3-4-12(15)7-13(9)14(17)16-10(2)11-5-6-18-8-11/h3-8,10H,15H2,1-2H3,(H,16,17). The molecule has 2 rings (SSSR count). The molecular formula is C14H16N2OS. The molecule has 3 nitrogen and oxygen atoms in total. The minimum absolute atomic E-state index is 0.00424. The van der Waals surface area contributed by atoms with Gasteiger partial charge in [-0.3, -0.25) is 4.79 Å². The molecule has 4 heteroatoms. The predicted octanol–water partition coefficient (Wildman–Crippen LogP) is 3.13. The quantitative estimate of drug-likeness (QED) is 0.833. The SMILES string of the molecule is Cc1ccc(N)cc1C(=O)NC(C)c1ccsc1. The Labute approximate surface area is 111 Å². The van der Waals surface area contributed by atoms with Gasteiger partial charge in [0.1, 0.15) is 0 Å². The molecular weight excluding hydrogens is 244 g/mol. The number of hydrogen-bond acceptors (Lipinski definition) is 3. The van der Waals surface area contributed by atoms with Crippen LogP contribution in [0, 0.1) is 6.92 Å². The predicted molar refractivity (Wildman–Crippen MR) is 75.8 cm³/mol. The molecule has 0 aliphatic carbocycles. The van der Waals surface area contributed by atoms with Gasteiger partial charge >= 0.3 is 0 Å². The van der Waals surface area contributed by atoms with Crippen molar-refractivity contribution >= 4 is 22.9 Å². The average molecular weight is 260 g/mol. The molecule has 0 fully saturated rings. The van der Waals surface area contributed by atoms with E-state index in [0.29, 0.717) is 11.3 Å². The summed E-state index contributed by atoms with van der Waals surface area (Å²) in [5.41, 5.74) is 9.00. The highest BCUT2D eigenvalue weighted by Gasteiger charge is 2.13. The lowest BCUT2D eigenvalue weighted by Crippen LogP contribution is -2.27. The maximum atomic E-state index is 12.2. The average Bonchev–Trinajstić information content (AvgIpc) is 2.85. The van der Waals surface area contributed by atoms with Gasteiger partial charge in [0.2, 0.25) is 0 Å². The fourth-order valence-corrected chi connectivity index (χ4v) is 2.52. The summed E-state index contributed by atoms with van der Waals surface area (Å²) in [7, 11) is 0. The van der Waals surface area contributed by atoms with E-state index in [-0.39, 0.29) is 11.9 Å². The van der Waals surface area contributed by atoms with Crippen molar-refractivity contribution < 1.29 is 4.79 Å². The molecule has 0 saturated carbocycles. The number of carbonyl (C=O) groups is 1. The second-order valence-corrected chi connectivity index (χ2v) is 5.11. The van der Waals surface area contributed by atoms with Crippen LogP contribution in [0.2, 0.25) is 0 Å². The number of nitrogen functional groups attached to an aromatic ring is 1. The first-order chi connectivity index (χ1) is 8.58. The number of aryl methyl sites for hydroxylation is 1. The van der Waals surface area contributed by atoms with Gasteiger partial charge < -0.3 is 11.1 Å². The number of nitrogens with two attached hydrogens (primary N) is 1. The van der Waals surface area contributed by atoms with Crippen LogP contribution in [0.5, 0.6) is 0 Å². The molecule has 0 radical (unpaired) electrons. The van der Waals surface area contributed by atoms with Crippen molar-refractivity contribution in [2.45, 2.75) is 19.9 Å². The lowest BCUT2D eigenvalue weighted by atomic mass is 10.1. The third-order valence-corrected chi connectivity index (χ3v) is 3.60. The molecule has 0 aliphatic rings. The van der Waals surface area contributed by atoms with Gasteiger partial charge in [-0.2, -0.15) is 11.3 Å². The van der Waals surface area contributed by atoms with Crippen LogP contribution in [0.3, 0.4) is 0 Å². The van der Waals surface area contributed by atoms with Gasteiger partial charge in [0.15, 0.2) is 0 Å². The van der Waals surface area contributed by atoms with E-state index in [1.165, 1.54) is 0 Å². The van der Waals surface area contributed by atoms with Crippen molar-refractivity contribution in [2.75, 3.05) is 5.73 Å². The highest BCUT2D eigenvalue weighted by Crippen LogP contribution is 2.18. The Morgan fingerprint density at radius 2 is 2.17 bits per heavy atom. The molecule has 1 heterocycles. The number of rotatable bonds is 3. The number of benzene rings is 1. The lowest BCUT2D eigenvalue weighted by Gasteiger charge is -2.14. The van der Waals surface area contributed by atoms with Crippen LogP contribution < -0.4 is 11.1 Å². The van der Waals surface area contributed by atoms with Crippen molar-refractivity contribution in [3.05, 3.63) is 51.7 Å². The highest BCUT2D eigenvalue weighted by atomic mass is 32.1. The monoisotopic (exact) mass is 260 g/mol. The minimum atomic E-state index is -0.0847. The smallest absolute Gasteiger partial charge is 0.252 e. The summed E-state index contributed by atoms with van der Waals surface area (Å²) in [4.78, 5) is 12.2. The van der Waals surface area contributed by atoms with Crippen molar-refractivity contribution in [3.63, 3.8) is 0 Å². The molecule has 0 spiro atoms. The first-order valence-corrected chi connectivity index (χ1v) is 6.71. The Morgan fingerprint density at radius 3 is 2.83 bits per heavy atom. The summed E-state index contributed by atoms with van der Waals surface area (Å²) in [5, 5.41) is 7.02. The second kappa shape index (κ2) is 5.23. The van der Waals surface area contributed by atoms with Crippen LogP contribution >= 0.6 is 11.3 Å². The summed E-state index contributed by atoms with van der Waals surface area (Å²) in [5.74, 6) is -0.0847. The number of amides is 1. The molecule has 1 aromatic carbocycles. The molecule has 18 heavy (non-hydrogen) atoms. The van der Waals surface area contributed by atoms with E-state index >= 15 is 0 Å². The Balaban J connectivity index is 2.15. The van der Waals surface area contributed by atoms with E-state index in [4.69, 9.17) is 5.73 Å². The van der Waals surface area contributed by atoms with Crippen molar-refractivity contribution in [1.29, 1.82) is 0 Å². The van der Waals surface area contributed by atoms with Crippen molar-refractivity contribution in [1.82, 2.24) is 5.32 Å². The fourth-order valence-electron chi connectivity index (χ4n) is 1.76. The molecule has 0 bridgehead atoms. The Morgan fingerprint density at radius 1 is 1.39 bits per heavy atom. The van der Waals surface area contributed by atoms with Gasteiger partial charge in [0, 0.05) is 11.3 Å². The number of anilines is 1. The Bertz CT molecular complexity index is 549. The van der Waals surface area contributed by atoms with Crippen LogP contribution in [-0.2, 0) is 0 Å². The van der Waals surface area contributed by atoms with Crippen LogP contribution in [0.4, 0.5) is 5.69 Å². The van der Waals surface area contributed by atoms with E-state index in [0.717, 1.165) is 11.1 Å². The molecule has 1 atom stereocenters. The largest absolute Gasteiger partial charge is 0.399 e. The third-order valence-electron chi connectivity index (χ3n) is 2.90. The molecule has 1 aromatic heterocycles. The zero-order valence-electron chi connectivity index (χ0n) is 10.4. The number of nitrogens with one attached hydrogen (secondary N) is 1. The molecule has 0 saturated heterocycles. The summed E-state index contributed by atoms with van der Waals surface area (Å²) in [6, 6.07) is 7.39. The number of hydrogen-bond donors (Lipinski definition) is 2. The van der Waals surface area contributed by atoms with E-state index in [1.54, 1.807) is 23.5 Å². The normalized spacial score (nSPS) is 12.1. The van der Waals surface area contributed by atoms with Gasteiger partial charge in [0.05, 0.1) is 6.04 Å². The minimum Gasteiger partial charge on any atom is -0.399 e. The molecule has 1 amide bonds. The van der Waals surface area contributed by atoms with Crippen LogP contribution in [0.1, 0.15) is 34.5 Å². The zero-order valence-corrected chi connectivity index (χ0v) is 11.3. The third kappa shape index (κ3) is 2.71. The molecule has 3 N–H and O–H groups in total. The van der Waals surface area contributed by atoms with Crippen molar-refractivity contribution in [2.24, 2.45) is 0 Å². The topological polar surface area (TPSA) is 55.1 Å². The van der Waals surface area contributed by atoms with Gasteiger partial charge in [-0.05, 0) is 53.9 Å². The maximum absolute atomic E-state index is 12.2. The van der Waals surface area contributed by atoms with Crippen molar-refractivity contribution in [3.8, 4) is 0 Å². The first kappa shape index (κ1) is 12.6. The van der Waals surface area contributed by atoms with Crippen LogP contribution in [-0.4, -0.2) is 5.91 Å².